The van der Waals surface area contributed by atoms with Crippen LogP contribution in [0.5, 0.6) is 0 Å². The molecule has 0 fully saturated rings. The predicted molar refractivity (Wildman–Crippen MR) is 52.9 cm³/mol. The summed E-state index contributed by atoms with van der Waals surface area (Å²) >= 11 is 0. The summed E-state index contributed by atoms with van der Waals surface area (Å²) in [4.78, 5) is 11.8. The Labute approximate surface area is 99.2 Å². The number of hydrogen-bond donors (Lipinski definition) is 0. The molecule has 0 bridgehead atoms. The molecule has 0 unspecified atom stereocenters. The van der Waals surface area contributed by atoms with E-state index in [9.17, 15) is 18.0 Å². The second-order valence-electron chi connectivity index (χ2n) is 3.72. The smallest absolute Gasteiger partial charge is 0.351 e. The highest BCUT2D eigenvalue weighted by Gasteiger charge is 2.35. The monoisotopic (exact) mass is 259 g/mol. The Kier molecular flexibility index (Phi) is 2.72. The maximum atomic E-state index is 12.4. The van der Waals surface area contributed by atoms with Gasteiger partial charge in [-0.1, -0.05) is 5.16 Å². The Bertz CT molecular complexity index is 598. The summed E-state index contributed by atoms with van der Waals surface area (Å²) in [6.45, 7) is 2.95. The summed E-state index contributed by atoms with van der Waals surface area (Å²) in [5.41, 5.74) is -0.592. The van der Waals surface area contributed by atoms with Crippen molar-refractivity contribution in [3.05, 3.63) is 35.0 Å². The Morgan fingerprint density at radius 3 is 2.44 bits per heavy atom. The van der Waals surface area contributed by atoms with E-state index in [2.05, 4.69) is 14.8 Å². The first-order chi connectivity index (χ1) is 8.29. The van der Waals surface area contributed by atoms with E-state index in [0.29, 0.717) is 10.4 Å². The van der Waals surface area contributed by atoms with E-state index in [4.69, 9.17) is 0 Å². The lowest BCUT2D eigenvalue weighted by Gasteiger charge is -2.00. The van der Waals surface area contributed by atoms with Gasteiger partial charge in [0.25, 0.3) is 0 Å². The van der Waals surface area contributed by atoms with E-state index in [-0.39, 0.29) is 11.5 Å². The van der Waals surface area contributed by atoms with E-state index in [1.54, 1.807) is 6.92 Å². The summed E-state index contributed by atoms with van der Waals surface area (Å²) in [5, 5.41) is 6.71. The maximum absolute atomic E-state index is 12.4. The topological polar surface area (TPSA) is 60.9 Å². The van der Waals surface area contributed by atoms with E-state index in [1.807, 2.05) is 0 Å². The van der Waals surface area contributed by atoms with Crippen molar-refractivity contribution in [1.29, 1.82) is 0 Å². The van der Waals surface area contributed by atoms with Crippen molar-refractivity contribution in [3.63, 3.8) is 0 Å². The van der Waals surface area contributed by atoms with Crippen LogP contribution >= 0.6 is 0 Å². The first kappa shape index (κ1) is 12.3. The molecule has 0 radical (unpaired) electrons. The van der Waals surface area contributed by atoms with Gasteiger partial charge < -0.3 is 4.52 Å². The van der Waals surface area contributed by atoms with Gasteiger partial charge in [0.2, 0.25) is 5.76 Å². The molecule has 8 heteroatoms. The van der Waals surface area contributed by atoms with Gasteiger partial charge in [0.1, 0.15) is 0 Å². The van der Waals surface area contributed by atoms with Crippen molar-refractivity contribution in [2.45, 2.75) is 20.0 Å². The molecule has 2 heterocycles. The van der Waals surface area contributed by atoms with Gasteiger partial charge in [0.15, 0.2) is 5.69 Å². The highest BCUT2D eigenvalue weighted by Crippen LogP contribution is 2.28. The molecule has 18 heavy (non-hydrogen) atoms. The Morgan fingerprint density at radius 2 is 2.00 bits per heavy atom. The standard InChI is InChI=1S/C10H8F3N3O2/c1-5-3-7(18-15-5)9(17)16-6(2)4-8(14-16)10(11,12)13/h3-4H,1-2H3. The molecule has 0 aliphatic rings. The lowest BCUT2D eigenvalue weighted by molar-refractivity contribution is -0.141. The molecule has 0 atom stereocenters. The average Bonchev–Trinajstić information content (AvgIpc) is 2.83. The number of rotatable bonds is 1. The molecule has 0 aromatic carbocycles. The molecule has 0 amide bonds. The van der Waals surface area contributed by atoms with Crippen LogP contribution in [0.4, 0.5) is 13.2 Å². The van der Waals surface area contributed by atoms with E-state index < -0.39 is 17.8 Å². The molecule has 2 aromatic heterocycles. The van der Waals surface area contributed by atoms with Crippen LogP contribution in [0, 0.1) is 13.8 Å². The largest absolute Gasteiger partial charge is 0.435 e. The molecule has 0 N–H and O–H groups in total. The summed E-state index contributed by atoms with van der Waals surface area (Å²) in [5.74, 6) is -0.948. The van der Waals surface area contributed by atoms with Gasteiger partial charge in [0.05, 0.1) is 5.69 Å². The molecule has 5 nitrogen and oxygen atoms in total. The average molecular weight is 259 g/mol. The number of alkyl halides is 3. The Balaban J connectivity index is 2.40. The predicted octanol–water partition coefficient (Wildman–Crippen LogP) is 2.20. The molecule has 0 aliphatic carbocycles. The van der Waals surface area contributed by atoms with Crippen LogP contribution < -0.4 is 0 Å². The zero-order valence-electron chi connectivity index (χ0n) is 9.45. The number of carbonyl (C=O) groups excluding carboxylic acids is 1. The zero-order chi connectivity index (χ0) is 13.5. The first-order valence-electron chi connectivity index (χ1n) is 4.91. The fourth-order valence-electron chi connectivity index (χ4n) is 1.39. The van der Waals surface area contributed by atoms with Crippen molar-refractivity contribution >= 4 is 5.91 Å². The van der Waals surface area contributed by atoms with Crippen molar-refractivity contribution < 1.29 is 22.5 Å². The van der Waals surface area contributed by atoms with E-state index in [0.717, 1.165) is 6.07 Å². The molecule has 0 aliphatic heterocycles. The van der Waals surface area contributed by atoms with Crippen LogP contribution in [0.15, 0.2) is 16.7 Å². The summed E-state index contributed by atoms with van der Waals surface area (Å²) < 4.78 is 42.6. The number of aryl methyl sites for hydroxylation is 2. The Morgan fingerprint density at radius 1 is 1.33 bits per heavy atom. The lowest BCUT2D eigenvalue weighted by Crippen LogP contribution is -2.16. The SMILES string of the molecule is Cc1cc(C(=O)n2nc(C(F)(F)F)cc2C)on1. The lowest BCUT2D eigenvalue weighted by atomic mass is 10.3. The van der Waals surface area contributed by atoms with Crippen molar-refractivity contribution in [1.82, 2.24) is 14.9 Å². The van der Waals surface area contributed by atoms with Gasteiger partial charge in [0, 0.05) is 11.8 Å². The highest BCUT2D eigenvalue weighted by molar-refractivity contribution is 5.93. The minimum Gasteiger partial charge on any atom is -0.351 e. The Hall–Kier alpha value is -2.12. The van der Waals surface area contributed by atoms with Crippen molar-refractivity contribution in [3.8, 4) is 0 Å². The molecule has 0 spiro atoms. The van der Waals surface area contributed by atoms with Gasteiger partial charge in [-0.2, -0.15) is 23.0 Å². The molecule has 2 aromatic rings. The van der Waals surface area contributed by atoms with Crippen LogP contribution in [-0.2, 0) is 6.18 Å². The number of nitrogens with zero attached hydrogens (tertiary/aromatic N) is 3. The number of hydrogen-bond acceptors (Lipinski definition) is 4. The molecular weight excluding hydrogens is 251 g/mol. The summed E-state index contributed by atoms with van der Waals surface area (Å²) in [7, 11) is 0. The fraction of sp³-hybridized carbons (Fsp3) is 0.300. The van der Waals surface area contributed by atoms with E-state index >= 15 is 0 Å². The maximum Gasteiger partial charge on any atom is 0.435 e. The van der Waals surface area contributed by atoms with Gasteiger partial charge >= 0.3 is 12.1 Å². The van der Waals surface area contributed by atoms with Crippen LogP contribution in [-0.4, -0.2) is 20.8 Å². The third-order valence-corrected chi connectivity index (χ3v) is 2.21. The summed E-state index contributed by atoms with van der Waals surface area (Å²) in [6, 6.07) is 2.12. The van der Waals surface area contributed by atoms with Gasteiger partial charge in [-0.15, -0.1) is 0 Å². The van der Waals surface area contributed by atoms with Crippen molar-refractivity contribution in [2.24, 2.45) is 0 Å². The van der Waals surface area contributed by atoms with E-state index in [1.165, 1.54) is 13.0 Å². The molecule has 2 rings (SSSR count). The molecule has 0 saturated carbocycles. The van der Waals surface area contributed by atoms with Crippen molar-refractivity contribution in [2.75, 3.05) is 0 Å². The number of carbonyl (C=O) groups is 1. The summed E-state index contributed by atoms with van der Waals surface area (Å²) in [6.07, 6.45) is -4.59. The van der Waals surface area contributed by atoms with Crippen LogP contribution in [0.25, 0.3) is 0 Å². The van der Waals surface area contributed by atoms with Gasteiger partial charge in [-0.05, 0) is 19.9 Å². The van der Waals surface area contributed by atoms with Crippen LogP contribution in [0.1, 0.15) is 27.6 Å². The third kappa shape index (κ3) is 2.13. The number of halogens is 3. The second-order valence-corrected chi connectivity index (χ2v) is 3.72. The quantitative estimate of drug-likeness (QED) is 0.787. The third-order valence-electron chi connectivity index (χ3n) is 2.21. The first-order valence-corrected chi connectivity index (χ1v) is 4.91. The zero-order valence-corrected chi connectivity index (χ0v) is 9.45. The van der Waals surface area contributed by atoms with Gasteiger partial charge in [-0.25, -0.2) is 0 Å². The van der Waals surface area contributed by atoms with Gasteiger partial charge in [-0.3, -0.25) is 4.79 Å². The number of aromatic nitrogens is 3. The molecule has 96 valence electrons. The van der Waals surface area contributed by atoms with Crippen LogP contribution in [0.3, 0.4) is 0 Å². The normalized spacial score (nSPS) is 11.8. The minimum atomic E-state index is -4.59. The van der Waals surface area contributed by atoms with Crippen LogP contribution in [0.2, 0.25) is 0 Å². The fourth-order valence-corrected chi connectivity index (χ4v) is 1.39. The molecular formula is C10H8F3N3O2. The minimum absolute atomic E-state index is 0.0707. The molecule has 0 saturated heterocycles. The highest BCUT2D eigenvalue weighted by atomic mass is 19.4. The second kappa shape index (κ2) is 3.97.